The number of unbranched alkanes of at least 4 members (excludes halogenated alkanes) is 1. The highest BCUT2D eigenvalue weighted by atomic mass is 32.2. The average molecular weight is 261 g/mol. The van der Waals surface area contributed by atoms with Crippen LogP contribution in [-0.2, 0) is 16.6 Å². The second-order valence-electron chi connectivity index (χ2n) is 3.63. The molecule has 98 valence electrons. The molecule has 0 spiro atoms. The number of rotatable bonds is 9. The Bertz CT molecular complexity index is 390. The standard InChI is InChI=1S/C9H19N5O2S/c1-2-10-5-3-4-6-17(15,16)13-7-9-11-8-12-14-9/h8,10,13H,2-7H2,1H3,(H,11,12,14). The Kier molecular flexibility index (Phi) is 6.09. The second-order valence-corrected chi connectivity index (χ2v) is 5.56. The summed E-state index contributed by atoms with van der Waals surface area (Å²) in [5.74, 6) is 0.660. The number of hydrogen-bond acceptors (Lipinski definition) is 5. The maximum Gasteiger partial charge on any atom is 0.212 e. The SMILES string of the molecule is CCNCCCCS(=O)(=O)NCc1ncn[nH]1. The Hall–Kier alpha value is -0.990. The smallest absolute Gasteiger partial charge is 0.212 e. The minimum absolute atomic E-state index is 0.145. The summed E-state index contributed by atoms with van der Waals surface area (Å²) >= 11 is 0. The lowest BCUT2D eigenvalue weighted by Crippen LogP contribution is -2.27. The monoisotopic (exact) mass is 261 g/mol. The lowest BCUT2D eigenvalue weighted by molar-refractivity contribution is 0.572. The first-order valence-corrected chi connectivity index (χ1v) is 7.31. The summed E-state index contributed by atoms with van der Waals surface area (Å²) in [5.41, 5.74) is 0. The number of hydrogen-bond donors (Lipinski definition) is 3. The predicted molar refractivity (Wildman–Crippen MR) is 64.8 cm³/mol. The third kappa shape index (κ3) is 6.35. The summed E-state index contributed by atoms with van der Waals surface area (Å²) in [6.45, 7) is 3.95. The van der Waals surface area contributed by atoms with Crippen molar-refractivity contribution in [3.8, 4) is 0 Å². The predicted octanol–water partition coefficient (Wildman–Crippen LogP) is -0.386. The zero-order chi connectivity index (χ0) is 12.6. The van der Waals surface area contributed by atoms with E-state index in [2.05, 4.69) is 25.2 Å². The van der Waals surface area contributed by atoms with Crippen LogP contribution in [0.25, 0.3) is 0 Å². The molecular weight excluding hydrogens is 242 g/mol. The number of sulfonamides is 1. The topological polar surface area (TPSA) is 99.8 Å². The molecule has 0 aromatic carbocycles. The maximum absolute atomic E-state index is 11.6. The quantitative estimate of drug-likeness (QED) is 0.526. The first-order valence-electron chi connectivity index (χ1n) is 5.66. The normalized spacial score (nSPS) is 11.8. The summed E-state index contributed by atoms with van der Waals surface area (Å²) in [6.07, 6.45) is 2.86. The highest BCUT2D eigenvalue weighted by molar-refractivity contribution is 7.89. The minimum Gasteiger partial charge on any atom is -0.317 e. The molecule has 0 amide bonds. The van der Waals surface area contributed by atoms with Crippen molar-refractivity contribution in [1.29, 1.82) is 0 Å². The number of H-pyrrole nitrogens is 1. The molecule has 0 atom stereocenters. The fourth-order valence-electron chi connectivity index (χ4n) is 1.29. The van der Waals surface area contributed by atoms with Gasteiger partial charge in [-0.25, -0.2) is 18.1 Å². The number of nitrogens with one attached hydrogen (secondary N) is 3. The molecule has 0 bridgehead atoms. The Morgan fingerprint density at radius 3 is 2.88 bits per heavy atom. The van der Waals surface area contributed by atoms with Gasteiger partial charge in [-0.3, -0.25) is 5.10 Å². The fourth-order valence-corrected chi connectivity index (χ4v) is 2.37. The highest BCUT2D eigenvalue weighted by Gasteiger charge is 2.09. The maximum atomic E-state index is 11.6. The Balaban J connectivity index is 2.17. The minimum atomic E-state index is -3.21. The van der Waals surface area contributed by atoms with E-state index in [0.717, 1.165) is 19.5 Å². The van der Waals surface area contributed by atoms with Gasteiger partial charge in [0.05, 0.1) is 12.3 Å². The van der Waals surface area contributed by atoms with Crippen LogP contribution in [0, 0.1) is 0 Å². The molecule has 1 aromatic heterocycles. The number of aromatic nitrogens is 3. The van der Waals surface area contributed by atoms with Gasteiger partial charge in [0.15, 0.2) is 0 Å². The Labute approximate surface area is 101 Å². The average Bonchev–Trinajstić information content (AvgIpc) is 2.79. The summed E-state index contributed by atoms with van der Waals surface area (Å²) in [7, 11) is -3.21. The van der Waals surface area contributed by atoms with Crippen molar-refractivity contribution in [3.63, 3.8) is 0 Å². The molecule has 1 aromatic rings. The molecular formula is C9H19N5O2S. The largest absolute Gasteiger partial charge is 0.317 e. The third-order valence-corrected chi connectivity index (χ3v) is 3.60. The van der Waals surface area contributed by atoms with Crippen LogP contribution in [0.1, 0.15) is 25.6 Å². The van der Waals surface area contributed by atoms with Crippen molar-refractivity contribution in [3.05, 3.63) is 12.2 Å². The van der Waals surface area contributed by atoms with Crippen molar-refractivity contribution in [2.75, 3.05) is 18.8 Å². The van der Waals surface area contributed by atoms with Gasteiger partial charge in [0.25, 0.3) is 0 Å². The van der Waals surface area contributed by atoms with E-state index < -0.39 is 10.0 Å². The molecule has 17 heavy (non-hydrogen) atoms. The second kappa shape index (κ2) is 7.36. The molecule has 0 aliphatic carbocycles. The van der Waals surface area contributed by atoms with Gasteiger partial charge >= 0.3 is 0 Å². The molecule has 0 saturated carbocycles. The van der Waals surface area contributed by atoms with Crippen molar-refractivity contribution >= 4 is 10.0 Å². The van der Waals surface area contributed by atoms with Gasteiger partial charge in [0.1, 0.15) is 12.2 Å². The molecule has 0 radical (unpaired) electrons. The zero-order valence-corrected chi connectivity index (χ0v) is 10.8. The third-order valence-electron chi connectivity index (χ3n) is 2.19. The molecule has 1 rings (SSSR count). The summed E-state index contributed by atoms with van der Waals surface area (Å²) < 4.78 is 25.6. The van der Waals surface area contributed by atoms with Gasteiger partial charge < -0.3 is 5.32 Å². The first-order chi connectivity index (χ1) is 8.14. The van der Waals surface area contributed by atoms with Crippen LogP contribution in [0.3, 0.4) is 0 Å². The molecule has 0 aliphatic heterocycles. The van der Waals surface area contributed by atoms with Gasteiger partial charge in [0.2, 0.25) is 10.0 Å². The van der Waals surface area contributed by atoms with Crippen LogP contribution >= 0.6 is 0 Å². The molecule has 0 unspecified atom stereocenters. The van der Waals surface area contributed by atoms with E-state index in [1.807, 2.05) is 6.92 Å². The molecule has 8 heteroatoms. The molecule has 0 saturated heterocycles. The van der Waals surface area contributed by atoms with Gasteiger partial charge in [-0.2, -0.15) is 5.10 Å². The van der Waals surface area contributed by atoms with Crippen LogP contribution in [0.4, 0.5) is 0 Å². The number of nitrogens with zero attached hydrogens (tertiary/aromatic N) is 2. The number of aromatic amines is 1. The zero-order valence-electron chi connectivity index (χ0n) is 9.94. The van der Waals surface area contributed by atoms with Crippen molar-refractivity contribution in [2.24, 2.45) is 0 Å². The van der Waals surface area contributed by atoms with Crippen LogP contribution in [0.15, 0.2) is 6.33 Å². The van der Waals surface area contributed by atoms with Crippen LogP contribution in [0.5, 0.6) is 0 Å². The lowest BCUT2D eigenvalue weighted by atomic mass is 10.3. The summed E-state index contributed by atoms with van der Waals surface area (Å²) in [5, 5.41) is 9.39. The van der Waals surface area contributed by atoms with Crippen molar-refractivity contribution in [1.82, 2.24) is 25.2 Å². The van der Waals surface area contributed by atoms with E-state index in [9.17, 15) is 8.42 Å². The Morgan fingerprint density at radius 1 is 1.41 bits per heavy atom. The van der Waals surface area contributed by atoms with Gasteiger partial charge in [0, 0.05) is 0 Å². The van der Waals surface area contributed by atoms with E-state index >= 15 is 0 Å². The van der Waals surface area contributed by atoms with Crippen molar-refractivity contribution < 1.29 is 8.42 Å². The molecule has 3 N–H and O–H groups in total. The van der Waals surface area contributed by atoms with E-state index in [0.29, 0.717) is 12.2 Å². The highest BCUT2D eigenvalue weighted by Crippen LogP contribution is 1.95. The van der Waals surface area contributed by atoms with E-state index in [1.54, 1.807) is 0 Å². The Morgan fingerprint density at radius 2 is 2.24 bits per heavy atom. The first kappa shape index (κ1) is 14.1. The lowest BCUT2D eigenvalue weighted by Gasteiger charge is -2.05. The van der Waals surface area contributed by atoms with Crippen LogP contribution in [0.2, 0.25) is 0 Å². The van der Waals surface area contributed by atoms with E-state index in [1.165, 1.54) is 6.33 Å². The fraction of sp³-hybridized carbons (Fsp3) is 0.778. The molecule has 0 aliphatic rings. The molecule has 1 heterocycles. The summed E-state index contributed by atoms with van der Waals surface area (Å²) in [6, 6.07) is 0. The molecule has 0 fully saturated rings. The van der Waals surface area contributed by atoms with Gasteiger partial charge in [-0.15, -0.1) is 0 Å². The van der Waals surface area contributed by atoms with Crippen molar-refractivity contribution in [2.45, 2.75) is 26.3 Å². The molecule has 7 nitrogen and oxygen atoms in total. The van der Waals surface area contributed by atoms with Gasteiger partial charge in [-0.1, -0.05) is 6.92 Å². The van der Waals surface area contributed by atoms with Crippen LogP contribution < -0.4 is 10.0 Å². The van der Waals surface area contributed by atoms with Gasteiger partial charge in [-0.05, 0) is 25.9 Å². The van der Waals surface area contributed by atoms with E-state index in [4.69, 9.17) is 0 Å². The summed E-state index contributed by atoms with van der Waals surface area (Å²) in [4.78, 5) is 3.84. The van der Waals surface area contributed by atoms with E-state index in [-0.39, 0.29) is 12.3 Å². The van der Waals surface area contributed by atoms with Crippen LogP contribution in [-0.4, -0.2) is 42.4 Å².